The standard InChI is InChI=1S/C18H14ClFN4O2/c1-9-3-5-11(7-13(9)19)23-17(25)15-16(18(23)26)24(22-21-15)12-6-4-10(2)14(20)8-12/h3-8,15-16H,1-2H3/t15-,16+/m1/s1. The van der Waals surface area contributed by atoms with Crippen LogP contribution < -0.4 is 9.91 Å². The maximum absolute atomic E-state index is 13.9. The smallest absolute Gasteiger partial charge is 0.263 e. The molecule has 4 rings (SSSR count). The van der Waals surface area contributed by atoms with Crippen molar-refractivity contribution in [3.8, 4) is 0 Å². The molecule has 1 fully saturated rings. The highest BCUT2D eigenvalue weighted by Crippen LogP contribution is 2.36. The molecule has 0 bridgehead atoms. The molecule has 2 aliphatic rings. The van der Waals surface area contributed by atoms with Gasteiger partial charge in [-0.2, -0.15) is 5.11 Å². The first-order chi connectivity index (χ1) is 12.4. The second kappa shape index (κ2) is 5.88. The average Bonchev–Trinajstić information content (AvgIpc) is 3.14. The lowest BCUT2D eigenvalue weighted by atomic mass is 10.1. The van der Waals surface area contributed by atoms with Gasteiger partial charge in [0.15, 0.2) is 12.1 Å². The quantitative estimate of drug-likeness (QED) is 0.756. The van der Waals surface area contributed by atoms with Crippen LogP contribution in [0, 0.1) is 19.7 Å². The molecule has 0 saturated carbocycles. The molecule has 0 aromatic heterocycles. The molecule has 2 aromatic carbocycles. The maximum Gasteiger partial charge on any atom is 0.263 e. The van der Waals surface area contributed by atoms with E-state index in [2.05, 4.69) is 10.3 Å². The second-order valence-corrected chi connectivity index (χ2v) is 6.73. The van der Waals surface area contributed by atoms with Gasteiger partial charge in [0.2, 0.25) is 0 Å². The number of anilines is 2. The van der Waals surface area contributed by atoms with Crippen molar-refractivity contribution in [1.82, 2.24) is 0 Å². The number of benzene rings is 2. The van der Waals surface area contributed by atoms with Crippen LogP contribution in [0.4, 0.5) is 15.8 Å². The van der Waals surface area contributed by atoms with Crippen molar-refractivity contribution in [2.75, 3.05) is 9.91 Å². The van der Waals surface area contributed by atoms with Gasteiger partial charge in [-0.05, 0) is 49.2 Å². The highest BCUT2D eigenvalue weighted by Gasteiger charge is 2.55. The molecule has 2 aromatic rings. The summed E-state index contributed by atoms with van der Waals surface area (Å²) in [5.41, 5.74) is 2.07. The minimum atomic E-state index is -0.952. The summed E-state index contributed by atoms with van der Waals surface area (Å²) in [6, 6.07) is 7.60. The average molecular weight is 373 g/mol. The number of halogens is 2. The maximum atomic E-state index is 13.9. The second-order valence-electron chi connectivity index (χ2n) is 6.32. The zero-order valence-corrected chi connectivity index (χ0v) is 14.7. The fraction of sp³-hybridized carbons (Fsp3) is 0.222. The molecule has 0 N–H and O–H groups in total. The highest BCUT2D eigenvalue weighted by molar-refractivity contribution is 6.32. The summed E-state index contributed by atoms with van der Waals surface area (Å²) in [5, 5.41) is 9.61. The molecule has 2 heterocycles. The lowest BCUT2D eigenvalue weighted by Crippen LogP contribution is -2.40. The number of carbonyl (C=O) groups is 2. The van der Waals surface area contributed by atoms with Crippen molar-refractivity contribution in [1.29, 1.82) is 0 Å². The molecule has 0 radical (unpaired) electrons. The van der Waals surface area contributed by atoms with E-state index in [4.69, 9.17) is 11.6 Å². The highest BCUT2D eigenvalue weighted by atomic mass is 35.5. The summed E-state index contributed by atoms with van der Waals surface area (Å²) in [6.45, 7) is 3.47. The Morgan fingerprint density at radius 1 is 1.00 bits per heavy atom. The van der Waals surface area contributed by atoms with Gasteiger partial charge in [0.1, 0.15) is 5.82 Å². The van der Waals surface area contributed by atoms with Crippen LogP contribution in [0.3, 0.4) is 0 Å². The SMILES string of the molecule is Cc1ccc(N2N=N[C@H]3C(=O)N(c4ccc(C)c(Cl)c4)C(=O)[C@H]32)cc1F. The minimum absolute atomic E-state index is 0.370. The Balaban J connectivity index is 1.71. The van der Waals surface area contributed by atoms with E-state index in [0.29, 0.717) is 22.0 Å². The third kappa shape index (κ3) is 2.39. The van der Waals surface area contributed by atoms with E-state index in [1.807, 2.05) is 6.92 Å². The van der Waals surface area contributed by atoms with Crippen molar-refractivity contribution in [2.45, 2.75) is 25.9 Å². The predicted molar refractivity (Wildman–Crippen MR) is 94.7 cm³/mol. The van der Waals surface area contributed by atoms with E-state index in [9.17, 15) is 14.0 Å². The van der Waals surface area contributed by atoms with E-state index < -0.39 is 29.7 Å². The van der Waals surface area contributed by atoms with Gasteiger partial charge in [-0.25, -0.2) is 14.3 Å². The monoisotopic (exact) mass is 372 g/mol. The fourth-order valence-corrected chi connectivity index (χ4v) is 3.25. The molecule has 2 amide bonds. The van der Waals surface area contributed by atoms with Gasteiger partial charge >= 0.3 is 0 Å². The molecule has 2 atom stereocenters. The van der Waals surface area contributed by atoms with Crippen molar-refractivity contribution >= 4 is 34.8 Å². The first-order valence-electron chi connectivity index (χ1n) is 7.98. The molecule has 0 aliphatic carbocycles. The van der Waals surface area contributed by atoms with E-state index in [1.54, 1.807) is 37.3 Å². The molecular weight excluding hydrogens is 359 g/mol. The molecular formula is C18H14ClFN4O2. The number of amides is 2. The van der Waals surface area contributed by atoms with Gasteiger partial charge in [-0.15, -0.1) is 0 Å². The summed E-state index contributed by atoms with van der Waals surface area (Å²) in [4.78, 5) is 26.7. The van der Waals surface area contributed by atoms with Crippen LogP contribution >= 0.6 is 11.6 Å². The van der Waals surface area contributed by atoms with Crippen molar-refractivity contribution in [3.05, 3.63) is 58.4 Å². The Labute approximate surface area is 153 Å². The van der Waals surface area contributed by atoms with E-state index in [0.717, 1.165) is 10.5 Å². The van der Waals surface area contributed by atoms with Crippen LogP contribution in [0.2, 0.25) is 5.02 Å². The first-order valence-corrected chi connectivity index (χ1v) is 8.36. The van der Waals surface area contributed by atoms with Crippen molar-refractivity contribution in [3.63, 3.8) is 0 Å². The topological polar surface area (TPSA) is 65.3 Å². The van der Waals surface area contributed by atoms with Crippen LogP contribution in [0.5, 0.6) is 0 Å². The Morgan fingerprint density at radius 2 is 1.69 bits per heavy atom. The molecule has 26 heavy (non-hydrogen) atoms. The van der Waals surface area contributed by atoms with Crippen LogP contribution in [0.25, 0.3) is 0 Å². The number of rotatable bonds is 2. The third-order valence-corrected chi connectivity index (χ3v) is 5.02. The van der Waals surface area contributed by atoms with E-state index >= 15 is 0 Å². The number of fused-ring (bicyclic) bond motifs is 1. The zero-order valence-electron chi connectivity index (χ0n) is 14.0. The van der Waals surface area contributed by atoms with Gasteiger partial charge in [0, 0.05) is 5.02 Å². The zero-order chi connectivity index (χ0) is 18.6. The Bertz CT molecular complexity index is 978. The number of carbonyl (C=O) groups excluding carboxylic acids is 2. The lowest BCUT2D eigenvalue weighted by molar-refractivity contribution is -0.121. The van der Waals surface area contributed by atoms with Crippen LogP contribution in [-0.4, -0.2) is 23.9 Å². The van der Waals surface area contributed by atoms with E-state index in [1.165, 1.54) is 11.1 Å². The van der Waals surface area contributed by atoms with Crippen LogP contribution in [0.1, 0.15) is 11.1 Å². The van der Waals surface area contributed by atoms with Gasteiger partial charge in [0.25, 0.3) is 11.8 Å². The molecule has 2 aliphatic heterocycles. The predicted octanol–water partition coefficient (Wildman–Crippen LogP) is 3.59. The minimum Gasteiger partial charge on any atom is -0.271 e. The summed E-state index contributed by atoms with van der Waals surface area (Å²) in [6.07, 6.45) is 0. The lowest BCUT2D eigenvalue weighted by Gasteiger charge is -2.21. The molecule has 1 saturated heterocycles. The summed E-state index contributed by atoms with van der Waals surface area (Å²) in [5.74, 6) is -1.36. The third-order valence-electron chi connectivity index (χ3n) is 4.62. The summed E-state index contributed by atoms with van der Waals surface area (Å²) < 4.78 is 13.9. The van der Waals surface area contributed by atoms with E-state index in [-0.39, 0.29) is 0 Å². The number of imide groups is 1. The normalized spacial score (nSPS) is 21.7. The Morgan fingerprint density at radius 3 is 2.38 bits per heavy atom. The number of hydrogen-bond acceptors (Lipinski definition) is 5. The molecule has 0 unspecified atom stereocenters. The molecule has 0 spiro atoms. The van der Waals surface area contributed by atoms with Crippen LogP contribution in [-0.2, 0) is 9.59 Å². The van der Waals surface area contributed by atoms with Gasteiger partial charge in [-0.1, -0.05) is 29.0 Å². The molecule has 8 heteroatoms. The first kappa shape index (κ1) is 16.7. The Kier molecular flexibility index (Phi) is 3.77. The largest absolute Gasteiger partial charge is 0.271 e. The van der Waals surface area contributed by atoms with Gasteiger partial charge in [0.05, 0.1) is 11.4 Å². The summed E-state index contributed by atoms with van der Waals surface area (Å²) >= 11 is 6.12. The molecule has 6 nitrogen and oxygen atoms in total. The number of hydrogen-bond donors (Lipinski definition) is 0. The summed E-state index contributed by atoms with van der Waals surface area (Å²) in [7, 11) is 0. The van der Waals surface area contributed by atoms with Gasteiger partial charge < -0.3 is 0 Å². The number of nitrogens with zero attached hydrogens (tertiary/aromatic N) is 4. The Hall–Kier alpha value is -2.80. The van der Waals surface area contributed by atoms with Crippen molar-refractivity contribution < 1.29 is 14.0 Å². The number of aryl methyl sites for hydroxylation is 2. The van der Waals surface area contributed by atoms with Crippen LogP contribution in [0.15, 0.2) is 46.7 Å². The van der Waals surface area contributed by atoms with Crippen molar-refractivity contribution in [2.24, 2.45) is 10.3 Å². The molecule has 132 valence electrons. The fourth-order valence-electron chi connectivity index (χ4n) is 3.07. The van der Waals surface area contributed by atoms with Gasteiger partial charge in [-0.3, -0.25) is 9.59 Å².